The van der Waals surface area contributed by atoms with E-state index < -0.39 is 0 Å². The van der Waals surface area contributed by atoms with E-state index >= 15 is 0 Å². The van der Waals surface area contributed by atoms with Crippen LogP contribution in [0.5, 0.6) is 0 Å². The maximum Gasteiger partial charge on any atom is 0.0283 e. The number of rotatable bonds is 5. The first-order valence-corrected chi connectivity index (χ1v) is 6.53. The second-order valence-electron chi connectivity index (χ2n) is 5.30. The minimum atomic E-state index is 0.618. The van der Waals surface area contributed by atoms with E-state index in [-0.39, 0.29) is 0 Å². The van der Waals surface area contributed by atoms with E-state index in [1.807, 2.05) is 0 Å². The van der Waals surface area contributed by atoms with Gasteiger partial charge >= 0.3 is 0 Å². The van der Waals surface area contributed by atoms with Gasteiger partial charge in [-0.3, -0.25) is 0 Å². The van der Waals surface area contributed by atoms with Crippen LogP contribution in [0, 0.1) is 11.8 Å². The fourth-order valence-corrected chi connectivity index (χ4v) is 2.71. The topological polar surface area (TPSA) is 12.0 Å². The van der Waals surface area contributed by atoms with E-state index in [2.05, 4.69) is 39.1 Å². The van der Waals surface area contributed by atoms with E-state index in [9.17, 15) is 0 Å². The van der Waals surface area contributed by atoms with Gasteiger partial charge in [0, 0.05) is 6.04 Å². The molecule has 15 heavy (non-hydrogen) atoms. The molecule has 0 radical (unpaired) electrons. The van der Waals surface area contributed by atoms with Crippen molar-refractivity contribution < 1.29 is 0 Å². The fourth-order valence-electron chi connectivity index (χ4n) is 2.71. The first kappa shape index (κ1) is 12.8. The van der Waals surface area contributed by atoms with Crippen LogP contribution < -0.4 is 5.32 Å². The lowest BCUT2D eigenvalue weighted by atomic mass is 9.89. The quantitative estimate of drug-likeness (QED) is 0.680. The first-order chi connectivity index (χ1) is 7.15. The van der Waals surface area contributed by atoms with E-state index in [1.54, 1.807) is 0 Å². The largest absolute Gasteiger partial charge is 0.310 e. The maximum atomic E-state index is 3.70. The summed E-state index contributed by atoms with van der Waals surface area (Å²) in [5.41, 5.74) is 1.45. The summed E-state index contributed by atoms with van der Waals surface area (Å²) in [7, 11) is 0. The maximum absolute atomic E-state index is 3.70. The average Bonchev–Trinajstić information content (AvgIpc) is 2.58. The molecular formula is C14H27N. The Morgan fingerprint density at radius 3 is 2.60 bits per heavy atom. The van der Waals surface area contributed by atoms with Crippen molar-refractivity contribution in [1.29, 1.82) is 0 Å². The molecule has 1 rings (SSSR count). The van der Waals surface area contributed by atoms with Crippen LogP contribution in [-0.4, -0.2) is 12.6 Å². The second kappa shape index (κ2) is 6.32. The first-order valence-electron chi connectivity index (χ1n) is 6.53. The summed E-state index contributed by atoms with van der Waals surface area (Å²) in [5, 5.41) is 3.70. The molecule has 0 amide bonds. The van der Waals surface area contributed by atoms with Gasteiger partial charge in [0.05, 0.1) is 0 Å². The third kappa shape index (κ3) is 3.98. The number of nitrogens with one attached hydrogen (secondary N) is 1. The van der Waals surface area contributed by atoms with Crippen molar-refractivity contribution in [2.24, 2.45) is 11.8 Å². The molecule has 3 atom stereocenters. The van der Waals surface area contributed by atoms with Crippen molar-refractivity contribution in [3.8, 4) is 0 Å². The molecule has 0 aliphatic heterocycles. The molecule has 3 unspecified atom stereocenters. The van der Waals surface area contributed by atoms with Crippen molar-refractivity contribution in [3.05, 3.63) is 11.6 Å². The van der Waals surface area contributed by atoms with Gasteiger partial charge < -0.3 is 5.32 Å². The molecule has 0 saturated heterocycles. The zero-order valence-corrected chi connectivity index (χ0v) is 10.8. The third-order valence-corrected chi connectivity index (χ3v) is 3.53. The normalized spacial score (nSPS) is 27.7. The number of hydrogen-bond acceptors (Lipinski definition) is 1. The van der Waals surface area contributed by atoms with E-state index in [1.165, 1.54) is 31.3 Å². The highest BCUT2D eigenvalue weighted by molar-refractivity contribution is 5.05. The Labute approximate surface area is 95.3 Å². The summed E-state index contributed by atoms with van der Waals surface area (Å²) >= 11 is 0. The van der Waals surface area contributed by atoms with E-state index in [4.69, 9.17) is 0 Å². The Hall–Kier alpha value is -0.300. The predicted molar refractivity (Wildman–Crippen MR) is 68.0 cm³/mol. The average molecular weight is 209 g/mol. The zero-order valence-electron chi connectivity index (χ0n) is 10.8. The Bertz CT molecular complexity index is 203. The van der Waals surface area contributed by atoms with Gasteiger partial charge in [-0.25, -0.2) is 0 Å². The highest BCUT2D eigenvalue weighted by atomic mass is 14.9. The Morgan fingerprint density at radius 1 is 1.40 bits per heavy atom. The standard InChI is InChI=1S/C14H27N/c1-5-9-15-14(10-11(2)3)13-8-6-7-12(13)4/h10,12-15H,5-9H2,1-4H3. The van der Waals surface area contributed by atoms with Gasteiger partial charge in [0.2, 0.25) is 0 Å². The third-order valence-electron chi connectivity index (χ3n) is 3.53. The van der Waals surface area contributed by atoms with Crippen molar-refractivity contribution in [1.82, 2.24) is 5.32 Å². The van der Waals surface area contributed by atoms with Crippen molar-refractivity contribution in [3.63, 3.8) is 0 Å². The van der Waals surface area contributed by atoms with E-state index in [0.717, 1.165) is 18.4 Å². The molecule has 0 aromatic carbocycles. The highest BCUT2D eigenvalue weighted by Gasteiger charge is 2.29. The Morgan fingerprint density at radius 2 is 2.13 bits per heavy atom. The second-order valence-corrected chi connectivity index (χ2v) is 5.30. The lowest BCUT2D eigenvalue weighted by molar-refractivity contribution is 0.337. The highest BCUT2D eigenvalue weighted by Crippen LogP contribution is 2.34. The predicted octanol–water partition coefficient (Wildman–Crippen LogP) is 3.76. The molecule has 0 spiro atoms. The summed E-state index contributed by atoms with van der Waals surface area (Å²) in [6, 6.07) is 0.618. The van der Waals surface area contributed by atoms with Crippen LogP contribution in [0.15, 0.2) is 11.6 Å². The molecule has 0 aromatic rings. The number of hydrogen-bond donors (Lipinski definition) is 1. The van der Waals surface area contributed by atoms with Gasteiger partial charge in [0.1, 0.15) is 0 Å². The monoisotopic (exact) mass is 209 g/mol. The Balaban J connectivity index is 2.58. The molecule has 1 N–H and O–H groups in total. The fraction of sp³-hybridized carbons (Fsp3) is 0.857. The van der Waals surface area contributed by atoms with Gasteiger partial charge in [-0.1, -0.05) is 38.3 Å². The van der Waals surface area contributed by atoms with Crippen LogP contribution in [-0.2, 0) is 0 Å². The lowest BCUT2D eigenvalue weighted by Crippen LogP contribution is -2.36. The van der Waals surface area contributed by atoms with Crippen molar-refractivity contribution >= 4 is 0 Å². The smallest absolute Gasteiger partial charge is 0.0283 e. The molecule has 1 aliphatic carbocycles. The van der Waals surface area contributed by atoms with Crippen LogP contribution in [0.25, 0.3) is 0 Å². The van der Waals surface area contributed by atoms with Crippen molar-refractivity contribution in [2.45, 2.75) is 59.4 Å². The molecule has 0 aromatic heterocycles. The molecule has 1 saturated carbocycles. The van der Waals surface area contributed by atoms with Gasteiger partial charge in [-0.05, 0) is 45.1 Å². The zero-order chi connectivity index (χ0) is 11.3. The summed E-state index contributed by atoms with van der Waals surface area (Å²) in [6.07, 6.45) is 7.92. The SMILES string of the molecule is CCCNC(C=C(C)C)C1CCCC1C. The van der Waals surface area contributed by atoms with Crippen LogP contribution in [0.2, 0.25) is 0 Å². The van der Waals surface area contributed by atoms with Crippen LogP contribution in [0.3, 0.4) is 0 Å². The van der Waals surface area contributed by atoms with Gasteiger partial charge in [-0.2, -0.15) is 0 Å². The molecule has 1 aliphatic rings. The molecule has 1 fully saturated rings. The summed E-state index contributed by atoms with van der Waals surface area (Å²) in [5.74, 6) is 1.77. The van der Waals surface area contributed by atoms with Gasteiger partial charge in [0.15, 0.2) is 0 Å². The molecular weight excluding hydrogens is 182 g/mol. The Kier molecular flexibility index (Phi) is 5.38. The molecule has 88 valence electrons. The van der Waals surface area contributed by atoms with Crippen LogP contribution in [0.1, 0.15) is 53.4 Å². The molecule has 0 bridgehead atoms. The van der Waals surface area contributed by atoms with Crippen LogP contribution in [0.4, 0.5) is 0 Å². The van der Waals surface area contributed by atoms with Gasteiger partial charge in [0.25, 0.3) is 0 Å². The van der Waals surface area contributed by atoms with Crippen molar-refractivity contribution in [2.75, 3.05) is 6.54 Å². The minimum Gasteiger partial charge on any atom is -0.310 e. The molecule has 1 heteroatoms. The summed E-state index contributed by atoms with van der Waals surface area (Å²) in [6.45, 7) is 10.2. The molecule has 0 heterocycles. The van der Waals surface area contributed by atoms with Gasteiger partial charge in [-0.15, -0.1) is 0 Å². The molecule has 1 nitrogen and oxygen atoms in total. The number of allylic oxidation sites excluding steroid dienone is 1. The minimum absolute atomic E-state index is 0.618. The van der Waals surface area contributed by atoms with E-state index in [0.29, 0.717) is 6.04 Å². The summed E-state index contributed by atoms with van der Waals surface area (Å²) < 4.78 is 0. The lowest BCUT2D eigenvalue weighted by Gasteiger charge is -2.26. The van der Waals surface area contributed by atoms with Crippen LogP contribution >= 0.6 is 0 Å². The summed E-state index contributed by atoms with van der Waals surface area (Å²) in [4.78, 5) is 0.